The van der Waals surface area contributed by atoms with Crippen LogP contribution in [-0.2, 0) is 14.6 Å². The molecule has 0 aliphatic heterocycles. The zero-order chi connectivity index (χ0) is 17.0. The fourth-order valence-electron chi connectivity index (χ4n) is 2.40. The Labute approximate surface area is 136 Å². The van der Waals surface area contributed by atoms with Crippen LogP contribution in [0, 0.1) is 0 Å². The van der Waals surface area contributed by atoms with E-state index in [9.17, 15) is 18.0 Å². The Kier molecular flexibility index (Phi) is 5.11. The lowest BCUT2D eigenvalue weighted by molar-refractivity contribution is -0.118. The van der Waals surface area contributed by atoms with E-state index < -0.39 is 15.8 Å². The molecule has 2 aromatic rings. The SMILES string of the molecule is CC(=O)[C@H](CS(C)(=O)=O)c1cccc(C(=O)c2ccccc2)c1. The summed E-state index contributed by atoms with van der Waals surface area (Å²) in [5.74, 6) is -1.41. The minimum absolute atomic E-state index is 0.158. The average Bonchev–Trinajstić information content (AvgIpc) is 2.52. The van der Waals surface area contributed by atoms with Gasteiger partial charge in [0.25, 0.3) is 0 Å². The average molecular weight is 330 g/mol. The molecular formula is C18H18O4S. The van der Waals surface area contributed by atoms with Gasteiger partial charge in [-0.3, -0.25) is 9.59 Å². The van der Waals surface area contributed by atoms with Gasteiger partial charge in [0, 0.05) is 17.4 Å². The first-order valence-electron chi connectivity index (χ1n) is 7.16. The topological polar surface area (TPSA) is 68.3 Å². The van der Waals surface area contributed by atoms with Crippen LogP contribution >= 0.6 is 0 Å². The summed E-state index contributed by atoms with van der Waals surface area (Å²) in [6.45, 7) is 1.36. The van der Waals surface area contributed by atoms with Gasteiger partial charge in [-0.05, 0) is 18.6 Å². The van der Waals surface area contributed by atoms with E-state index in [1.165, 1.54) is 6.92 Å². The van der Waals surface area contributed by atoms with Gasteiger partial charge in [-0.2, -0.15) is 0 Å². The van der Waals surface area contributed by atoms with Gasteiger partial charge in [0.05, 0.1) is 11.7 Å². The Morgan fingerprint density at radius 2 is 1.57 bits per heavy atom. The van der Waals surface area contributed by atoms with Crippen LogP contribution in [0.5, 0.6) is 0 Å². The van der Waals surface area contributed by atoms with E-state index in [0.717, 1.165) is 6.26 Å². The molecule has 0 N–H and O–H groups in total. The maximum absolute atomic E-state index is 12.5. The van der Waals surface area contributed by atoms with Crippen molar-refractivity contribution in [1.82, 2.24) is 0 Å². The molecule has 0 heterocycles. The molecule has 0 aliphatic rings. The summed E-state index contributed by atoms with van der Waals surface area (Å²) < 4.78 is 23.1. The van der Waals surface area contributed by atoms with Crippen LogP contribution in [0.25, 0.3) is 0 Å². The molecule has 1 atom stereocenters. The van der Waals surface area contributed by atoms with E-state index in [1.807, 2.05) is 6.07 Å². The number of ketones is 2. The highest BCUT2D eigenvalue weighted by molar-refractivity contribution is 7.90. The minimum Gasteiger partial charge on any atom is -0.299 e. The monoisotopic (exact) mass is 330 g/mol. The lowest BCUT2D eigenvalue weighted by Gasteiger charge is -2.14. The quantitative estimate of drug-likeness (QED) is 0.764. The molecule has 0 saturated carbocycles. The molecule has 0 amide bonds. The molecular weight excluding hydrogens is 312 g/mol. The maximum Gasteiger partial charge on any atom is 0.193 e. The highest BCUT2D eigenvalue weighted by Crippen LogP contribution is 2.21. The minimum atomic E-state index is -3.31. The van der Waals surface area contributed by atoms with Gasteiger partial charge >= 0.3 is 0 Å². The van der Waals surface area contributed by atoms with Gasteiger partial charge in [-0.25, -0.2) is 8.42 Å². The maximum atomic E-state index is 12.5. The zero-order valence-electron chi connectivity index (χ0n) is 13.0. The highest BCUT2D eigenvalue weighted by Gasteiger charge is 2.23. The van der Waals surface area contributed by atoms with Crippen molar-refractivity contribution in [3.63, 3.8) is 0 Å². The molecule has 0 aromatic heterocycles. The molecule has 23 heavy (non-hydrogen) atoms. The Hall–Kier alpha value is -2.27. The van der Waals surface area contributed by atoms with Crippen molar-refractivity contribution in [1.29, 1.82) is 0 Å². The summed E-state index contributed by atoms with van der Waals surface area (Å²) in [5.41, 5.74) is 1.53. The summed E-state index contributed by atoms with van der Waals surface area (Å²) in [7, 11) is -3.31. The third kappa shape index (κ3) is 4.60. The Morgan fingerprint density at radius 1 is 0.957 bits per heavy atom. The molecule has 0 spiro atoms. The number of Topliss-reactive ketones (excluding diaryl/α,β-unsaturated/α-hetero) is 1. The Morgan fingerprint density at radius 3 is 2.13 bits per heavy atom. The third-order valence-electron chi connectivity index (χ3n) is 3.55. The Bertz CT molecular complexity index is 823. The van der Waals surface area contributed by atoms with Gasteiger partial charge < -0.3 is 0 Å². The highest BCUT2D eigenvalue weighted by atomic mass is 32.2. The van der Waals surface area contributed by atoms with Crippen LogP contribution < -0.4 is 0 Å². The Balaban J connectivity index is 2.38. The molecule has 0 radical (unpaired) electrons. The van der Waals surface area contributed by atoms with E-state index in [-0.39, 0.29) is 17.3 Å². The van der Waals surface area contributed by atoms with Crippen LogP contribution in [0.3, 0.4) is 0 Å². The summed E-state index contributed by atoms with van der Waals surface area (Å²) in [4.78, 5) is 24.3. The van der Waals surface area contributed by atoms with Crippen LogP contribution in [0.2, 0.25) is 0 Å². The van der Waals surface area contributed by atoms with Crippen molar-refractivity contribution >= 4 is 21.4 Å². The van der Waals surface area contributed by atoms with Gasteiger partial charge in [-0.1, -0.05) is 48.5 Å². The van der Waals surface area contributed by atoms with E-state index in [0.29, 0.717) is 16.7 Å². The van der Waals surface area contributed by atoms with Crippen LogP contribution in [0.15, 0.2) is 54.6 Å². The summed E-state index contributed by atoms with van der Waals surface area (Å²) >= 11 is 0. The molecule has 0 fully saturated rings. The normalized spacial score (nSPS) is 12.6. The lowest BCUT2D eigenvalue weighted by Crippen LogP contribution is -2.20. The van der Waals surface area contributed by atoms with Crippen LogP contribution in [0.1, 0.15) is 34.3 Å². The largest absolute Gasteiger partial charge is 0.299 e. The molecule has 0 aliphatic carbocycles. The van der Waals surface area contributed by atoms with Gasteiger partial charge in [0.2, 0.25) is 0 Å². The molecule has 2 rings (SSSR count). The van der Waals surface area contributed by atoms with E-state index in [2.05, 4.69) is 0 Å². The third-order valence-corrected chi connectivity index (χ3v) is 4.49. The number of rotatable bonds is 6. The first-order valence-corrected chi connectivity index (χ1v) is 9.22. The second kappa shape index (κ2) is 6.87. The zero-order valence-corrected chi connectivity index (χ0v) is 13.8. The first kappa shape index (κ1) is 17.1. The van der Waals surface area contributed by atoms with Crippen molar-refractivity contribution in [2.45, 2.75) is 12.8 Å². The van der Waals surface area contributed by atoms with Crippen LogP contribution in [-0.4, -0.2) is 32.0 Å². The molecule has 2 aromatic carbocycles. The summed E-state index contributed by atoms with van der Waals surface area (Å²) in [6, 6.07) is 15.4. The van der Waals surface area contributed by atoms with Crippen molar-refractivity contribution in [2.75, 3.05) is 12.0 Å². The number of hydrogen-bond acceptors (Lipinski definition) is 4. The molecule has 120 valence electrons. The van der Waals surface area contributed by atoms with E-state index in [4.69, 9.17) is 0 Å². The van der Waals surface area contributed by atoms with Gasteiger partial charge in [0.15, 0.2) is 5.78 Å². The first-order chi connectivity index (χ1) is 10.8. The fraction of sp³-hybridized carbons (Fsp3) is 0.222. The van der Waals surface area contributed by atoms with Gasteiger partial charge in [0.1, 0.15) is 15.6 Å². The predicted octanol–water partition coefficient (Wildman–Crippen LogP) is 2.63. The molecule has 0 bridgehead atoms. The lowest BCUT2D eigenvalue weighted by atomic mass is 9.93. The van der Waals surface area contributed by atoms with Crippen LogP contribution in [0.4, 0.5) is 0 Å². The second-order valence-electron chi connectivity index (χ2n) is 5.58. The second-order valence-corrected chi connectivity index (χ2v) is 7.76. The number of carbonyl (C=O) groups excluding carboxylic acids is 2. The summed E-state index contributed by atoms with van der Waals surface area (Å²) in [6.07, 6.45) is 1.10. The molecule has 5 heteroatoms. The molecule has 0 unspecified atom stereocenters. The number of carbonyl (C=O) groups is 2. The van der Waals surface area contributed by atoms with Crippen molar-refractivity contribution < 1.29 is 18.0 Å². The smallest absolute Gasteiger partial charge is 0.193 e. The van der Waals surface area contributed by atoms with Gasteiger partial charge in [-0.15, -0.1) is 0 Å². The van der Waals surface area contributed by atoms with E-state index in [1.54, 1.807) is 48.5 Å². The molecule has 4 nitrogen and oxygen atoms in total. The summed E-state index contributed by atoms with van der Waals surface area (Å²) in [5, 5.41) is 0. The number of sulfone groups is 1. The molecule has 0 saturated heterocycles. The standard InChI is InChI=1S/C18H18O4S/c1-13(19)17(12-23(2,21)22)15-9-6-10-16(11-15)18(20)14-7-4-3-5-8-14/h3-11,17H,12H2,1-2H3/t17-/m0/s1. The van der Waals surface area contributed by atoms with E-state index >= 15 is 0 Å². The fourth-order valence-corrected chi connectivity index (χ4v) is 3.44. The van der Waals surface area contributed by atoms with Crippen molar-refractivity contribution in [3.8, 4) is 0 Å². The van der Waals surface area contributed by atoms with Crippen molar-refractivity contribution in [3.05, 3.63) is 71.3 Å². The number of benzene rings is 2. The van der Waals surface area contributed by atoms with Crippen molar-refractivity contribution in [2.24, 2.45) is 0 Å². The number of hydrogen-bond donors (Lipinski definition) is 0. The predicted molar refractivity (Wildman–Crippen MR) is 89.4 cm³/mol.